The summed E-state index contributed by atoms with van der Waals surface area (Å²) in [6.07, 6.45) is 68.3. The summed E-state index contributed by atoms with van der Waals surface area (Å²) in [7, 11) is -9.93. The van der Waals surface area contributed by atoms with Crippen LogP contribution in [0.4, 0.5) is 0 Å². The maximum atomic E-state index is 13.2. The van der Waals surface area contributed by atoms with E-state index in [0.29, 0.717) is 31.6 Å². The van der Waals surface area contributed by atoms with Crippen LogP contribution in [-0.4, -0.2) is 96.7 Å². The molecule has 0 aliphatic rings. The summed E-state index contributed by atoms with van der Waals surface area (Å²) >= 11 is 0. The normalized spacial score (nSPS) is 13.9. The lowest BCUT2D eigenvalue weighted by molar-refractivity contribution is -0.161. The van der Waals surface area contributed by atoms with Crippen LogP contribution in [0.5, 0.6) is 0 Å². The molecule has 0 heterocycles. The number of hydrogen-bond donors (Lipinski definition) is 3. The van der Waals surface area contributed by atoms with Gasteiger partial charge in [0.2, 0.25) is 0 Å². The molecular formula is C87H170O17P2. The van der Waals surface area contributed by atoms with E-state index in [9.17, 15) is 43.2 Å². The van der Waals surface area contributed by atoms with Crippen molar-refractivity contribution in [3.8, 4) is 0 Å². The molecule has 0 rings (SSSR count). The fraction of sp³-hybridized carbons (Fsp3) is 0.954. The van der Waals surface area contributed by atoms with Gasteiger partial charge in [0.05, 0.1) is 26.4 Å². The first-order chi connectivity index (χ1) is 51.2. The highest BCUT2D eigenvalue weighted by atomic mass is 31.2. The molecule has 0 aromatic heterocycles. The van der Waals surface area contributed by atoms with Crippen LogP contribution in [0.2, 0.25) is 0 Å². The average molecular weight is 1550 g/mol. The van der Waals surface area contributed by atoms with E-state index < -0.39 is 97.5 Å². The van der Waals surface area contributed by atoms with Crippen molar-refractivity contribution in [3.63, 3.8) is 0 Å². The topological polar surface area (TPSA) is 237 Å². The summed E-state index contributed by atoms with van der Waals surface area (Å²) in [5, 5.41) is 10.7. The molecular weight excluding hydrogens is 1380 g/mol. The van der Waals surface area contributed by atoms with Crippen molar-refractivity contribution in [3.05, 3.63) is 0 Å². The molecule has 0 aromatic rings. The fourth-order valence-corrected chi connectivity index (χ4v) is 15.1. The lowest BCUT2D eigenvalue weighted by Gasteiger charge is -2.21. The van der Waals surface area contributed by atoms with Crippen LogP contribution in [0.3, 0.4) is 0 Å². The number of phosphoric ester groups is 2. The van der Waals surface area contributed by atoms with E-state index in [4.69, 9.17) is 37.0 Å². The third-order valence-electron chi connectivity index (χ3n) is 20.4. The maximum absolute atomic E-state index is 13.2. The molecule has 0 bridgehead atoms. The minimum atomic E-state index is -4.97. The van der Waals surface area contributed by atoms with E-state index in [2.05, 4.69) is 48.5 Å². The van der Waals surface area contributed by atoms with Crippen LogP contribution >= 0.6 is 15.6 Å². The Bertz CT molecular complexity index is 2040. The number of aliphatic hydroxyl groups is 1. The molecule has 0 aromatic carbocycles. The van der Waals surface area contributed by atoms with E-state index in [0.717, 1.165) is 108 Å². The van der Waals surface area contributed by atoms with Crippen molar-refractivity contribution in [2.24, 2.45) is 17.8 Å². The molecule has 0 saturated heterocycles. The SMILES string of the molecule is CCCCCCCCCCCCCCCCCCCCCCC(=O)OC[C@H](COP(=O)(O)OC[C@@H](O)COP(=O)(O)OC[C@@H](COC(=O)CCCCCCCCCC(C)C)OC(=O)CCCCCCCCCCCCCCC(C)C)OC(=O)CCCCCCCCCCCCCCCCCCCCC(C)C. The monoisotopic (exact) mass is 1550 g/mol. The van der Waals surface area contributed by atoms with Crippen LogP contribution in [0.1, 0.15) is 459 Å². The van der Waals surface area contributed by atoms with Crippen LogP contribution in [-0.2, 0) is 65.4 Å². The van der Waals surface area contributed by atoms with Crippen LogP contribution in [0, 0.1) is 17.8 Å². The van der Waals surface area contributed by atoms with E-state index in [1.165, 1.54) is 263 Å². The Morgan fingerprint density at radius 3 is 0.642 bits per heavy atom. The number of esters is 4. The third kappa shape index (κ3) is 80.1. The Labute approximate surface area is 651 Å². The van der Waals surface area contributed by atoms with Crippen molar-refractivity contribution in [1.29, 1.82) is 0 Å². The zero-order valence-electron chi connectivity index (χ0n) is 69.9. The molecule has 0 radical (unpaired) electrons. The summed E-state index contributed by atoms with van der Waals surface area (Å²) in [5.74, 6) is 0.197. The van der Waals surface area contributed by atoms with Gasteiger partial charge in [-0.3, -0.25) is 37.3 Å². The quantitative estimate of drug-likeness (QED) is 0.0222. The Balaban J connectivity index is 5.22. The van der Waals surface area contributed by atoms with Crippen molar-refractivity contribution < 1.29 is 80.2 Å². The number of rotatable bonds is 85. The van der Waals surface area contributed by atoms with Gasteiger partial charge < -0.3 is 33.8 Å². The number of phosphoric acid groups is 2. The van der Waals surface area contributed by atoms with Crippen molar-refractivity contribution in [2.75, 3.05) is 39.6 Å². The van der Waals surface area contributed by atoms with Gasteiger partial charge in [-0.2, -0.15) is 0 Å². The Kier molecular flexibility index (Phi) is 75.6. The van der Waals surface area contributed by atoms with Gasteiger partial charge in [0, 0.05) is 25.7 Å². The molecule has 0 saturated carbocycles. The summed E-state index contributed by atoms with van der Waals surface area (Å²) in [6, 6.07) is 0. The van der Waals surface area contributed by atoms with Gasteiger partial charge in [-0.1, -0.05) is 408 Å². The standard InChI is InChI=1S/C87H170O17P2/c1-8-9-10-11-12-13-14-15-16-17-18-19-23-26-29-35-40-47-54-61-68-84(89)97-74-82(103-86(91)70-63-56-48-41-36-30-27-24-21-20-22-25-28-33-38-44-51-58-65-78(2)3)76-101-105(93,94)99-72-81(88)73-100-106(95,96)102-77-83(75-98-85(90)69-62-55-50-43-46-53-60-67-80(6)7)104-87(92)71-64-57-49-42-37-32-31-34-39-45-52-59-66-79(4)5/h78-83,88H,8-77H2,1-7H3,(H,93,94)(H,95,96)/t81-,82-,83-/m1/s1. The van der Waals surface area contributed by atoms with E-state index >= 15 is 0 Å². The van der Waals surface area contributed by atoms with Gasteiger partial charge in [-0.15, -0.1) is 0 Å². The van der Waals surface area contributed by atoms with Gasteiger partial charge in [-0.05, 0) is 43.4 Å². The molecule has 0 fully saturated rings. The van der Waals surface area contributed by atoms with Crippen molar-refractivity contribution in [2.45, 2.75) is 478 Å². The zero-order chi connectivity index (χ0) is 77.9. The van der Waals surface area contributed by atoms with Gasteiger partial charge in [0.25, 0.3) is 0 Å². The molecule has 0 aliphatic carbocycles. The second-order valence-corrected chi connectivity index (χ2v) is 35.6. The lowest BCUT2D eigenvalue weighted by atomic mass is 10.0. The zero-order valence-corrected chi connectivity index (χ0v) is 71.7. The first kappa shape index (κ1) is 104. The molecule has 3 N–H and O–H groups in total. The third-order valence-corrected chi connectivity index (χ3v) is 22.3. The van der Waals surface area contributed by atoms with E-state index in [-0.39, 0.29) is 25.7 Å². The molecule has 2 unspecified atom stereocenters. The minimum Gasteiger partial charge on any atom is -0.462 e. The van der Waals surface area contributed by atoms with Crippen LogP contribution < -0.4 is 0 Å². The number of unbranched alkanes of at least 4 members (excludes halogenated alkanes) is 53. The Hall–Kier alpha value is -1.94. The number of ether oxygens (including phenoxy) is 4. The molecule has 0 aliphatic heterocycles. The smallest absolute Gasteiger partial charge is 0.462 e. The highest BCUT2D eigenvalue weighted by Gasteiger charge is 2.30. The number of carbonyl (C=O) groups is 4. The fourth-order valence-electron chi connectivity index (χ4n) is 13.5. The summed E-state index contributed by atoms with van der Waals surface area (Å²) in [5.41, 5.74) is 0. The van der Waals surface area contributed by atoms with Gasteiger partial charge in [-0.25, -0.2) is 9.13 Å². The maximum Gasteiger partial charge on any atom is 0.472 e. The van der Waals surface area contributed by atoms with E-state index in [1.54, 1.807) is 0 Å². The van der Waals surface area contributed by atoms with Gasteiger partial charge in [0.15, 0.2) is 12.2 Å². The predicted octanol–water partition coefficient (Wildman–Crippen LogP) is 26.5. The number of aliphatic hydroxyl groups excluding tert-OH is 1. The number of hydrogen-bond acceptors (Lipinski definition) is 15. The highest BCUT2D eigenvalue weighted by Crippen LogP contribution is 2.45. The minimum absolute atomic E-state index is 0.106. The molecule has 19 heteroatoms. The lowest BCUT2D eigenvalue weighted by Crippen LogP contribution is -2.30. The molecule has 630 valence electrons. The first-order valence-corrected chi connectivity index (χ1v) is 47.8. The molecule has 17 nitrogen and oxygen atoms in total. The molecule has 5 atom stereocenters. The van der Waals surface area contributed by atoms with E-state index in [1.807, 2.05) is 0 Å². The highest BCUT2D eigenvalue weighted by molar-refractivity contribution is 7.47. The summed E-state index contributed by atoms with van der Waals surface area (Å²) in [6.45, 7) is 12.0. The molecule has 106 heavy (non-hydrogen) atoms. The largest absolute Gasteiger partial charge is 0.472 e. The predicted molar refractivity (Wildman–Crippen MR) is 437 cm³/mol. The molecule has 0 spiro atoms. The average Bonchev–Trinajstić information content (AvgIpc) is 0.899. The van der Waals surface area contributed by atoms with Crippen LogP contribution in [0.25, 0.3) is 0 Å². The summed E-state index contributed by atoms with van der Waals surface area (Å²) < 4.78 is 68.9. The van der Waals surface area contributed by atoms with Crippen LogP contribution in [0.15, 0.2) is 0 Å². The molecule has 0 amide bonds. The Morgan fingerprint density at radius 1 is 0.255 bits per heavy atom. The van der Waals surface area contributed by atoms with Gasteiger partial charge in [0.1, 0.15) is 19.3 Å². The second kappa shape index (κ2) is 77.0. The van der Waals surface area contributed by atoms with Gasteiger partial charge >= 0.3 is 39.5 Å². The Morgan fingerprint density at radius 2 is 0.434 bits per heavy atom. The second-order valence-electron chi connectivity index (χ2n) is 32.7. The van der Waals surface area contributed by atoms with Crippen molar-refractivity contribution in [1.82, 2.24) is 0 Å². The first-order valence-electron chi connectivity index (χ1n) is 44.8. The summed E-state index contributed by atoms with van der Waals surface area (Å²) in [4.78, 5) is 73.2. The number of carbonyl (C=O) groups excluding carboxylic acids is 4. The van der Waals surface area contributed by atoms with Crippen molar-refractivity contribution >= 4 is 39.5 Å².